The molecule has 0 aliphatic heterocycles. The summed E-state index contributed by atoms with van der Waals surface area (Å²) >= 11 is 0. The van der Waals surface area contributed by atoms with Gasteiger partial charge in [0.25, 0.3) is 0 Å². The Bertz CT molecular complexity index is 3910. The molecule has 0 spiro atoms. The number of rotatable bonds is 6. The Labute approximate surface area is 370 Å². The smallest absolute Gasteiger partial charge is 0.143 e. The van der Waals surface area contributed by atoms with Crippen molar-refractivity contribution in [2.75, 3.05) is 0 Å². The summed E-state index contributed by atoms with van der Waals surface area (Å²) in [5.74, 6) is 0. The predicted molar refractivity (Wildman–Crippen MR) is 270 cm³/mol. The van der Waals surface area contributed by atoms with Gasteiger partial charge in [-0.3, -0.25) is 0 Å². The van der Waals surface area contributed by atoms with Gasteiger partial charge >= 0.3 is 0 Å². The van der Waals surface area contributed by atoms with Gasteiger partial charge in [0, 0.05) is 32.8 Å². The summed E-state index contributed by atoms with van der Waals surface area (Å²) in [7, 11) is 0. The van der Waals surface area contributed by atoms with Gasteiger partial charge in [-0.2, -0.15) is 0 Å². The van der Waals surface area contributed by atoms with Crippen molar-refractivity contribution in [3.63, 3.8) is 0 Å². The Morgan fingerprint density at radius 3 is 1.42 bits per heavy atom. The van der Waals surface area contributed by atoms with E-state index in [1.54, 1.807) is 0 Å². The highest BCUT2D eigenvalue weighted by Gasteiger charge is 2.21. The van der Waals surface area contributed by atoms with Gasteiger partial charge in [-0.15, -0.1) is 0 Å². The number of hydrogen-bond donors (Lipinski definition) is 0. The van der Waals surface area contributed by atoms with Crippen molar-refractivity contribution in [1.29, 1.82) is 0 Å². The maximum atomic E-state index is 6.52. The maximum absolute atomic E-state index is 6.52. The lowest BCUT2D eigenvalue weighted by atomic mass is 9.85. The van der Waals surface area contributed by atoms with Crippen LogP contribution in [0.3, 0.4) is 0 Å². The lowest BCUT2D eigenvalue weighted by Crippen LogP contribution is -1.96. The third kappa shape index (κ3) is 5.73. The Morgan fingerprint density at radius 2 is 0.750 bits per heavy atom. The molecule has 0 bridgehead atoms. The second kappa shape index (κ2) is 14.6. The largest absolute Gasteiger partial charge is 0.455 e. The molecular formula is C62H39NO. The molecule has 0 saturated carbocycles. The first kappa shape index (κ1) is 36.2. The first-order valence-corrected chi connectivity index (χ1v) is 22.0. The van der Waals surface area contributed by atoms with Crippen LogP contribution >= 0.6 is 0 Å². The van der Waals surface area contributed by atoms with Crippen LogP contribution in [0.15, 0.2) is 241 Å². The Balaban J connectivity index is 1.04. The molecular weight excluding hydrogens is 775 g/mol. The second-order valence-corrected chi connectivity index (χ2v) is 16.8. The van der Waals surface area contributed by atoms with E-state index in [0.717, 1.165) is 44.3 Å². The van der Waals surface area contributed by atoms with Crippen molar-refractivity contribution >= 4 is 65.3 Å². The number of para-hydroxylation sites is 3. The quantitative estimate of drug-likeness (QED) is 0.153. The Morgan fingerprint density at radius 1 is 0.266 bits per heavy atom. The summed E-state index contributed by atoms with van der Waals surface area (Å²) in [6, 6.07) is 86.1. The van der Waals surface area contributed by atoms with Gasteiger partial charge < -0.3 is 8.98 Å². The topological polar surface area (TPSA) is 18.1 Å². The highest BCUT2D eigenvalue weighted by molar-refractivity contribution is 6.22. The molecule has 11 aromatic carbocycles. The highest BCUT2D eigenvalue weighted by atomic mass is 16.3. The van der Waals surface area contributed by atoms with Crippen molar-refractivity contribution in [1.82, 2.24) is 4.57 Å². The van der Waals surface area contributed by atoms with E-state index in [1.807, 2.05) is 6.07 Å². The van der Waals surface area contributed by atoms with Gasteiger partial charge in [-0.05, 0) is 108 Å². The fraction of sp³-hybridized carbons (Fsp3) is 0. The average Bonchev–Trinajstić information content (AvgIpc) is 3.92. The molecule has 0 fully saturated rings. The number of benzene rings is 11. The van der Waals surface area contributed by atoms with Crippen LogP contribution in [0.25, 0.3) is 127 Å². The van der Waals surface area contributed by atoms with Crippen molar-refractivity contribution in [3.8, 4) is 61.3 Å². The number of hydrogen-bond acceptors (Lipinski definition) is 1. The van der Waals surface area contributed by atoms with Crippen LogP contribution in [0.4, 0.5) is 0 Å². The number of aromatic nitrogens is 1. The minimum Gasteiger partial charge on any atom is -0.455 e. The van der Waals surface area contributed by atoms with E-state index in [0.29, 0.717) is 0 Å². The summed E-state index contributed by atoms with van der Waals surface area (Å²) in [4.78, 5) is 0. The van der Waals surface area contributed by atoms with Crippen LogP contribution < -0.4 is 0 Å². The van der Waals surface area contributed by atoms with Gasteiger partial charge in [0.15, 0.2) is 0 Å². The summed E-state index contributed by atoms with van der Waals surface area (Å²) in [5.41, 5.74) is 17.2. The van der Waals surface area contributed by atoms with E-state index in [9.17, 15) is 0 Å². The normalized spacial score (nSPS) is 11.8. The maximum Gasteiger partial charge on any atom is 0.143 e. The number of nitrogens with zero attached hydrogens (tertiary/aromatic N) is 1. The van der Waals surface area contributed by atoms with E-state index in [2.05, 4.69) is 235 Å². The molecule has 0 aliphatic rings. The molecule has 0 amide bonds. The van der Waals surface area contributed by atoms with Gasteiger partial charge in [-0.1, -0.05) is 200 Å². The molecule has 0 atom stereocenters. The highest BCUT2D eigenvalue weighted by Crippen LogP contribution is 2.46. The van der Waals surface area contributed by atoms with E-state index in [4.69, 9.17) is 4.42 Å². The van der Waals surface area contributed by atoms with Crippen LogP contribution in [0.5, 0.6) is 0 Å². The van der Waals surface area contributed by atoms with Crippen LogP contribution in [-0.4, -0.2) is 4.57 Å². The minimum absolute atomic E-state index is 0.908. The lowest BCUT2D eigenvalue weighted by Gasteiger charge is -2.20. The molecule has 13 rings (SSSR count). The average molecular weight is 814 g/mol. The molecule has 298 valence electrons. The van der Waals surface area contributed by atoms with E-state index < -0.39 is 0 Å². The molecule has 2 nitrogen and oxygen atoms in total. The number of fused-ring (bicyclic) bond motifs is 8. The summed E-state index contributed by atoms with van der Waals surface area (Å²) in [5, 5.41) is 9.59. The molecule has 2 heterocycles. The predicted octanol–water partition coefficient (Wildman–Crippen LogP) is 17.3. The van der Waals surface area contributed by atoms with Gasteiger partial charge in [0.2, 0.25) is 0 Å². The van der Waals surface area contributed by atoms with Crippen molar-refractivity contribution < 1.29 is 4.42 Å². The zero-order valence-corrected chi connectivity index (χ0v) is 34.9. The van der Waals surface area contributed by atoms with Gasteiger partial charge in [0.1, 0.15) is 11.2 Å². The Kier molecular flexibility index (Phi) is 8.25. The monoisotopic (exact) mass is 813 g/mol. The minimum atomic E-state index is 0.908. The van der Waals surface area contributed by atoms with E-state index in [1.165, 1.54) is 82.3 Å². The summed E-state index contributed by atoms with van der Waals surface area (Å²) in [6.07, 6.45) is 0. The molecule has 0 unspecified atom stereocenters. The van der Waals surface area contributed by atoms with Crippen LogP contribution in [0, 0.1) is 0 Å². The van der Waals surface area contributed by atoms with E-state index >= 15 is 0 Å². The SMILES string of the molecule is c1ccc(-c2ccc(-c3c4ccccc4c(-c4ccc(-c5ccccc5)cc4)c4cc(-n5c6ccccc6c6cc(-c7cccc8c7oc7ccccc78)ccc65)ccc34)cc2)cc1. The fourth-order valence-corrected chi connectivity index (χ4v) is 10.2. The Hall–Kier alpha value is -8.46. The first-order chi connectivity index (χ1) is 31.7. The van der Waals surface area contributed by atoms with E-state index in [-0.39, 0.29) is 0 Å². The third-order valence-electron chi connectivity index (χ3n) is 13.2. The molecule has 2 heteroatoms. The van der Waals surface area contributed by atoms with Crippen molar-refractivity contribution in [2.45, 2.75) is 0 Å². The van der Waals surface area contributed by atoms with Crippen LogP contribution in [0.1, 0.15) is 0 Å². The zero-order valence-electron chi connectivity index (χ0n) is 34.9. The molecule has 0 radical (unpaired) electrons. The molecule has 64 heavy (non-hydrogen) atoms. The third-order valence-corrected chi connectivity index (χ3v) is 13.2. The zero-order chi connectivity index (χ0) is 42.1. The van der Waals surface area contributed by atoms with Crippen molar-refractivity contribution in [2.24, 2.45) is 0 Å². The number of furan rings is 1. The molecule has 0 N–H and O–H groups in total. The fourth-order valence-electron chi connectivity index (χ4n) is 10.2. The molecule has 0 aliphatic carbocycles. The first-order valence-electron chi connectivity index (χ1n) is 22.0. The van der Waals surface area contributed by atoms with Gasteiger partial charge in [-0.25, -0.2) is 0 Å². The summed E-state index contributed by atoms with van der Waals surface area (Å²) < 4.78 is 8.97. The molecule has 13 aromatic rings. The van der Waals surface area contributed by atoms with Crippen LogP contribution in [0.2, 0.25) is 0 Å². The summed E-state index contributed by atoms with van der Waals surface area (Å²) in [6.45, 7) is 0. The standard InChI is InChI=1S/C62H39NO/c1-3-14-40(15-4-1)42-26-30-44(31-27-42)60-51-20-7-8-21-52(51)61(45-32-28-43(29-33-45)41-16-5-2-6-17-41)56-39-47(35-36-53(56)60)63-57-24-11-9-18-49(57)55-38-46(34-37-58(55)63)48-22-13-23-54-50-19-10-12-25-59(50)64-62(48)54/h1-39H. The molecule has 0 saturated heterocycles. The van der Waals surface area contributed by atoms with Crippen LogP contribution in [-0.2, 0) is 0 Å². The lowest BCUT2D eigenvalue weighted by molar-refractivity contribution is 0.670. The molecule has 2 aromatic heterocycles. The second-order valence-electron chi connectivity index (χ2n) is 16.8. The van der Waals surface area contributed by atoms with Gasteiger partial charge in [0.05, 0.1) is 11.0 Å². The van der Waals surface area contributed by atoms with Crippen molar-refractivity contribution in [3.05, 3.63) is 237 Å².